The minimum Gasteiger partial charge on any atom is -0.462 e. The van der Waals surface area contributed by atoms with Gasteiger partial charge in [0.1, 0.15) is 19.3 Å². The van der Waals surface area contributed by atoms with Crippen LogP contribution >= 0.6 is 15.6 Å². The Morgan fingerprint density at radius 1 is 0.260 bits per heavy atom. The first-order valence-corrected chi connectivity index (χ1v) is 47.0. The van der Waals surface area contributed by atoms with Crippen LogP contribution in [0.5, 0.6) is 0 Å². The second-order valence-corrected chi connectivity index (χ2v) is 34.4. The second-order valence-electron chi connectivity index (χ2n) is 31.5. The molecule has 0 fully saturated rings. The maximum atomic E-state index is 13.1. The number of phosphoric acid groups is 2. The molecule has 17 nitrogen and oxygen atoms in total. The van der Waals surface area contributed by atoms with E-state index < -0.39 is 97.5 Å². The number of phosphoric ester groups is 2. The van der Waals surface area contributed by atoms with E-state index in [0.717, 1.165) is 102 Å². The zero-order valence-corrected chi connectivity index (χ0v) is 70.1. The van der Waals surface area contributed by atoms with Gasteiger partial charge in [-0.15, -0.1) is 0 Å². The topological polar surface area (TPSA) is 237 Å². The molecule has 0 radical (unpaired) electrons. The Bertz CT molecular complexity index is 1990. The van der Waals surface area contributed by atoms with E-state index in [1.807, 2.05) is 0 Å². The quantitative estimate of drug-likeness (QED) is 0.0222. The molecule has 5 atom stereocenters. The summed E-state index contributed by atoms with van der Waals surface area (Å²) in [5.41, 5.74) is 0. The Kier molecular flexibility index (Phi) is 75.0. The molecule has 0 aromatic carbocycles. The lowest BCUT2D eigenvalue weighted by Crippen LogP contribution is -2.30. The van der Waals surface area contributed by atoms with Crippen molar-refractivity contribution in [3.8, 4) is 0 Å². The molecule has 0 aromatic heterocycles. The van der Waals surface area contributed by atoms with Gasteiger partial charge in [0.05, 0.1) is 26.4 Å². The normalized spacial score (nSPS) is 13.8. The molecule has 0 aromatic rings. The number of rotatable bonds is 84. The molecule has 618 valence electrons. The fraction of sp³-hybridized carbons (Fsp3) is 0.953. The Hall–Kier alpha value is -1.94. The maximum Gasteiger partial charge on any atom is 0.472 e. The highest BCUT2D eigenvalue weighted by Crippen LogP contribution is 2.45. The second kappa shape index (κ2) is 76.4. The first-order chi connectivity index (χ1) is 50.4. The number of hydrogen-bond donors (Lipinski definition) is 3. The van der Waals surface area contributed by atoms with Crippen LogP contribution in [-0.2, 0) is 65.4 Å². The molecule has 0 saturated heterocycles. The van der Waals surface area contributed by atoms with Gasteiger partial charge in [-0.25, -0.2) is 9.13 Å². The standard InChI is InChI=1S/C85H166O17P2/c1-7-9-11-13-15-17-19-21-23-25-26-27-29-31-37-41-45-51-58-64-69-84(89)101-80(73-95-82(87)67-61-55-49-43-39-35-33-32-34-38-42-47-53-59-65-77(3)4)75-99-103(91,92)97-71-79(86)72-98-104(93,94)100-76-81(74-96-83(88)68-62-56-52-46-48-54-60-66-78(5)6)102-85(90)70-63-57-50-44-40-36-30-28-24-22-20-18-16-14-12-10-8-2/h77-81,86H,7-76H2,1-6H3,(H,91,92)(H,93,94)/t79-,80-,81-/m1/s1. The first-order valence-electron chi connectivity index (χ1n) is 44.0. The summed E-state index contributed by atoms with van der Waals surface area (Å²) in [6.07, 6.45) is 68.1. The predicted octanol–water partition coefficient (Wildman–Crippen LogP) is 25.8. The zero-order chi connectivity index (χ0) is 76.4. The van der Waals surface area contributed by atoms with Crippen molar-refractivity contribution in [1.82, 2.24) is 0 Å². The summed E-state index contributed by atoms with van der Waals surface area (Å²) >= 11 is 0. The number of hydrogen-bond acceptors (Lipinski definition) is 15. The molecule has 0 aliphatic rings. The highest BCUT2D eigenvalue weighted by molar-refractivity contribution is 7.47. The van der Waals surface area contributed by atoms with E-state index in [9.17, 15) is 43.2 Å². The maximum absolute atomic E-state index is 13.1. The van der Waals surface area contributed by atoms with Crippen LogP contribution < -0.4 is 0 Å². The van der Waals surface area contributed by atoms with Crippen molar-refractivity contribution in [1.29, 1.82) is 0 Å². The van der Waals surface area contributed by atoms with Crippen LogP contribution in [-0.4, -0.2) is 96.7 Å². The van der Waals surface area contributed by atoms with E-state index in [1.54, 1.807) is 0 Å². The lowest BCUT2D eigenvalue weighted by molar-refractivity contribution is -0.161. The van der Waals surface area contributed by atoms with Crippen molar-refractivity contribution in [2.75, 3.05) is 39.6 Å². The summed E-state index contributed by atoms with van der Waals surface area (Å²) in [7, 11) is -9.93. The van der Waals surface area contributed by atoms with Gasteiger partial charge < -0.3 is 33.8 Å². The number of aliphatic hydroxyl groups excluding tert-OH is 1. The molecule has 0 saturated carbocycles. The summed E-state index contributed by atoms with van der Waals surface area (Å²) in [6.45, 7) is 9.64. The SMILES string of the molecule is CCCCCCCCCCCCCCCCCCCCCCC(=O)O[C@H](COC(=O)CCCCCCCCCCCCCCCCC(C)C)COP(=O)(O)OC[C@@H](O)COP(=O)(O)OC[C@@H](COC(=O)CCCCCCCCCC(C)C)OC(=O)CCCCCCCCCCCCCCCCCCC. The van der Waals surface area contributed by atoms with E-state index in [-0.39, 0.29) is 25.7 Å². The van der Waals surface area contributed by atoms with Crippen molar-refractivity contribution >= 4 is 39.5 Å². The fourth-order valence-electron chi connectivity index (χ4n) is 13.2. The molecule has 3 N–H and O–H groups in total. The molecule has 0 spiro atoms. The summed E-state index contributed by atoms with van der Waals surface area (Å²) in [5.74, 6) is -0.600. The number of unbranched alkanes of at least 4 members (excludes halogenated alkanes) is 54. The summed E-state index contributed by atoms with van der Waals surface area (Å²) < 4.78 is 68.9. The predicted molar refractivity (Wildman–Crippen MR) is 428 cm³/mol. The van der Waals surface area contributed by atoms with Gasteiger partial charge in [-0.05, 0) is 37.5 Å². The van der Waals surface area contributed by atoms with Crippen LogP contribution in [0.3, 0.4) is 0 Å². The average molecular weight is 1520 g/mol. The average Bonchev–Trinajstić information content (AvgIpc) is 0.914. The molecule has 0 heterocycles. The largest absolute Gasteiger partial charge is 0.472 e. The van der Waals surface area contributed by atoms with E-state index in [2.05, 4.69) is 41.5 Å². The van der Waals surface area contributed by atoms with Gasteiger partial charge in [0.15, 0.2) is 12.2 Å². The minimum absolute atomic E-state index is 0.108. The van der Waals surface area contributed by atoms with Gasteiger partial charge in [0, 0.05) is 25.7 Å². The van der Waals surface area contributed by atoms with Crippen LogP contribution in [0.2, 0.25) is 0 Å². The number of carbonyl (C=O) groups is 4. The van der Waals surface area contributed by atoms with Crippen LogP contribution in [0.25, 0.3) is 0 Å². The van der Waals surface area contributed by atoms with E-state index in [0.29, 0.717) is 31.6 Å². The highest BCUT2D eigenvalue weighted by atomic mass is 31.2. The van der Waals surface area contributed by atoms with Gasteiger partial charge in [0.2, 0.25) is 0 Å². The van der Waals surface area contributed by atoms with Gasteiger partial charge in [-0.2, -0.15) is 0 Å². The Labute approximate surface area is 638 Å². The smallest absolute Gasteiger partial charge is 0.462 e. The highest BCUT2D eigenvalue weighted by Gasteiger charge is 2.30. The Morgan fingerprint density at radius 2 is 0.442 bits per heavy atom. The van der Waals surface area contributed by atoms with Crippen molar-refractivity contribution < 1.29 is 80.2 Å². The van der Waals surface area contributed by atoms with Crippen LogP contribution in [0.4, 0.5) is 0 Å². The lowest BCUT2D eigenvalue weighted by Gasteiger charge is -2.21. The lowest BCUT2D eigenvalue weighted by atomic mass is 10.0. The first kappa shape index (κ1) is 102. The van der Waals surface area contributed by atoms with Gasteiger partial charge in [-0.3, -0.25) is 37.3 Å². The third-order valence-corrected chi connectivity index (χ3v) is 21.9. The number of esters is 4. The molecule has 2 unspecified atom stereocenters. The van der Waals surface area contributed by atoms with E-state index in [1.165, 1.54) is 263 Å². The van der Waals surface area contributed by atoms with Crippen LogP contribution in [0, 0.1) is 11.8 Å². The number of carbonyl (C=O) groups excluding carboxylic acids is 4. The zero-order valence-electron chi connectivity index (χ0n) is 68.3. The molecular weight excluding hydrogens is 1350 g/mol. The van der Waals surface area contributed by atoms with Gasteiger partial charge in [-0.1, -0.05) is 401 Å². The summed E-state index contributed by atoms with van der Waals surface area (Å²) in [5, 5.41) is 10.7. The molecule has 0 aliphatic heterocycles. The minimum atomic E-state index is -4.96. The Morgan fingerprint density at radius 3 is 0.654 bits per heavy atom. The molecular formula is C85H166O17P2. The van der Waals surface area contributed by atoms with E-state index >= 15 is 0 Å². The number of aliphatic hydroxyl groups is 1. The monoisotopic (exact) mass is 1520 g/mol. The van der Waals surface area contributed by atoms with Gasteiger partial charge >= 0.3 is 39.5 Å². The molecule has 104 heavy (non-hydrogen) atoms. The van der Waals surface area contributed by atoms with E-state index in [4.69, 9.17) is 37.0 Å². The molecule has 0 bridgehead atoms. The summed E-state index contributed by atoms with van der Waals surface area (Å²) in [6, 6.07) is 0. The van der Waals surface area contributed by atoms with Crippen molar-refractivity contribution in [3.63, 3.8) is 0 Å². The van der Waals surface area contributed by atoms with Crippen LogP contribution in [0.1, 0.15) is 452 Å². The number of ether oxygens (including phenoxy) is 4. The summed E-state index contributed by atoms with van der Waals surface area (Å²) in [4.78, 5) is 73.2. The molecule has 0 rings (SSSR count). The molecule has 0 amide bonds. The van der Waals surface area contributed by atoms with Crippen molar-refractivity contribution in [2.45, 2.75) is 471 Å². The molecule has 19 heteroatoms. The fourth-order valence-corrected chi connectivity index (χ4v) is 14.8. The third kappa shape index (κ3) is 78.2. The third-order valence-electron chi connectivity index (χ3n) is 20.0. The van der Waals surface area contributed by atoms with Gasteiger partial charge in [0.25, 0.3) is 0 Å². The van der Waals surface area contributed by atoms with Crippen molar-refractivity contribution in [2.24, 2.45) is 11.8 Å². The Balaban J connectivity index is 5.23. The van der Waals surface area contributed by atoms with Crippen molar-refractivity contribution in [3.05, 3.63) is 0 Å². The van der Waals surface area contributed by atoms with Crippen LogP contribution in [0.15, 0.2) is 0 Å². The molecule has 0 aliphatic carbocycles.